The minimum Gasteiger partial charge on any atom is -0.507 e. The maximum absolute atomic E-state index is 14.4. The summed E-state index contributed by atoms with van der Waals surface area (Å²) in [5.41, 5.74) is -1.74. The van der Waals surface area contributed by atoms with E-state index in [0.29, 0.717) is 0 Å². The van der Waals surface area contributed by atoms with Crippen molar-refractivity contribution in [2.45, 2.75) is 150 Å². The van der Waals surface area contributed by atoms with Gasteiger partial charge in [-0.3, -0.25) is 24.0 Å². The quantitative estimate of drug-likeness (QED) is 0.0943. The number of carboxylic acid groups (broad SMARTS) is 1. The fourth-order valence-corrected chi connectivity index (χ4v) is 9.47. The molecule has 1 amide bonds. The number of phenolic OH excluding ortho intramolecular Hbond substituents is 3. The second-order valence-electron chi connectivity index (χ2n) is 19.5. The molecular weight excluding hydrogens is 903 g/mol. The second kappa shape index (κ2) is 20.7. The van der Waals surface area contributed by atoms with Crippen molar-refractivity contribution in [3.63, 3.8) is 0 Å². The number of nitrogens with one attached hydrogen (secondary N) is 1. The summed E-state index contributed by atoms with van der Waals surface area (Å²) in [6.07, 6.45) is 1.22. The molecule has 5 heterocycles. The van der Waals surface area contributed by atoms with Crippen molar-refractivity contribution in [1.82, 2.24) is 0 Å². The lowest BCUT2D eigenvalue weighted by Gasteiger charge is -2.40. The molecule has 19 nitrogen and oxygen atoms in total. The number of hydrogen-bond donors (Lipinski definition) is 6. The van der Waals surface area contributed by atoms with Crippen LogP contribution in [0.5, 0.6) is 23.0 Å². The lowest BCUT2D eigenvalue weighted by Crippen LogP contribution is -2.49. The topological polar surface area (TPSA) is 272 Å². The van der Waals surface area contributed by atoms with Crippen molar-refractivity contribution in [3.05, 3.63) is 53.3 Å². The predicted octanol–water partition coefficient (Wildman–Crippen LogP) is 6.44. The fraction of sp³-hybridized carbons (Fsp3) is 0.580. The Hall–Kier alpha value is -5.73. The first-order chi connectivity index (χ1) is 32.3. The van der Waals surface area contributed by atoms with Gasteiger partial charge in [-0.05, 0) is 60.0 Å². The van der Waals surface area contributed by atoms with Gasteiger partial charge in [0.15, 0.2) is 12.0 Å². The third-order valence-electron chi connectivity index (χ3n) is 13.6. The molecule has 0 radical (unpaired) electrons. The standard InChI is InChI=1S/C50H65NO18/c1-22-13-12-14-30(27(6)66-48(61)49(9,10)20-35(54)55)17-23(2)40(56)25(4)43(67-29(8)52)24(3)33(68-36-19-34-45(28(7)65-36)63-21-62-34)15-16-64-50(11)46(59)39-37-32(53)18-31(51-47(22)60)42(58)38(37)41(57)26(5)44(39)69-50/h12-16,18,23-25,27-28,30,33-34,36,40,43,45,53,56-58H,17,19-21H2,1-11H3,(H,51,60)(H,54,55)/b14-12+,16-15+,22-13-/t23-,24-,25-,27?,28-,30+,33+,34+,36+,40-,43-,45-,50+/m1/s1. The first-order valence-electron chi connectivity index (χ1n) is 23.1. The van der Waals surface area contributed by atoms with Crippen LogP contribution < -0.4 is 10.1 Å². The van der Waals surface area contributed by atoms with Crippen molar-refractivity contribution < 1.29 is 87.4 Å². The summed E-state index contributed by atoms with van der Waals surface area (Å²) < 4.78 is 48.4. The molecule has 2 aromatic rings. The third kappa shape index (κ3) is 11.0. The van der Waals surface area contributed by atoms with E-state index in [1.807, 2.05) is 6.92 Å². The number of aromatic hydroxyl groups is 3. The number of carbonyl (C=O) groups excluding carboxylic acids is 4. The molecular formula is C50H65NO18. The fourth-order valence-electron chi connectivity index (χ4n) is 9.47. The molecule has 6 N–H and O–H groups in total. The van der Waals surface area contributed by atoms with Crippen LogP contribution in [0.2, 0.25) is 0 Å². The molecule has 0 aliphatic carbocycles. The number of aliphatic carboxylic acids is 1. The lowest BCUT2D eigenvalue weighted by atomic mass is 9.78. The highest BCUT2D eigenvalue weighted by atomic mass is 16.7. The Morgan fingerprint density at radius 1 is 0.986 bits per heavy atom. The van der Waals surface area contributed by atoms with Gasteiger partial charge in [-0.15, -0.1) is 0 Å². The van der Waals surface area contributed by atoms with Gasteiger partial charge in [0, 0.05) is 60.6 Å². The molecule has 5 aliphatic heterocycles. The molecule has 2 saturated heterocycles. The van der Waals surface area contributed by atoms with Crippen LogP contribution in [-0.4, -0.2) is 117 Å². The van der Waals surface area contributed by atoms with Gasteiger partial charge in [-0.25, -0.2) is 0 Å². The van der Waals surface area contributed by atoms with Gasteiger partial charge in [-0.2, -0.15) is 0 Å². The van der Waals surface area contributed by atoms with E-state index in [9.17, 15) is 49.5 Å². The van der Waals surface area contributed by atoms with Gasteiger partial charge in [-0.1, -0.05) is 39.0 Å². The molecule has 378 valence electrons. The van der Waals surface area contributed by atoms with Crippen molar-refractivity contribution in [2.75, 3.05) is 12.1 Å². The van der Waals surface area contributed by atoms with Gasteiger partial charge in [0.2, 0.25) is 0 Å². The number of allylic oxidation sites excluding steroid dienone is 2. The molecule has 19 heteroatoms. The van der Waals surface area contributed by atoms with E-state index in [4.69, 9.17) is 37.9 Å². The summed E-state index contributed by atoms with van der Waals surface area (Å²) in [6.45, 7) is 17.2. The van der Waals surface area contributed by atoms with Gasteiger partial charge in [0.05, 0.1) is 59.2 Å². The molecule has 0 saturated carbocycles. The summed E-state index contributed by atoms with van der Waals surface area (Å²) >= 11 is 0. The number of ether oxygens (including phenoxy) is 8. The third-order valence-corrected chi connectivity index (χ3v) is 13.6. The number of hydrogen-bond acceptors (Lipinski definition) is 17. The number of carbonyl (C=O) groups is 5. The number of anilines is 1. The molecule has 5 bridgehead atoms. The van der Waals surface area contributed by atoms with Gasteiger partial charge in [0.1, 0.15) is 42.4 Å². The Labute approximate surface area is 400 Å². The Balaban J connectivity index is 1.45. The van der Waals surface area contributed by atoms with Crippen LogP contribution in [-0.2, 0) is 52.3 Å². The summed E-state index contributed by atoms with van der Waals surface area (Å²) in [5.74, 6) is -10.9. The van der Waals surface area contributed by atoms with Gasteiger partial charge in [0.25, 0.3) is 11.7 Å². The second-order valence-corrected chi connectivity index (χ2v) is 19.5. The normalized spacial score (nSPS) is 33.3. The van der Waals surface area contributed by atoms with E-state index >= 15 is 0 Å². The Morgan fingerprint density at radius 2 is 1.68 bits per heavy atom. The molecule has 0 spiro atoms. The van der Waals surface area contributed by atoms with Crippen LogP contribution in [0.1, 0.15) is 104 Å². The number of amides is 1. The summed E-state index contributed by atoms with van der Waals surface area (Å²) in [6, 6.07) is 1.03. The highest BCUT2D eigenvalue weighted by molar-refractivity contribution is 6.21. The Bertz CT molecular complexity index is 2420. The molecule has 0 aromatic heterocycles. The average molecular weight is 968 g/mol. The number of rotatable bonds is 8. The molecule has 13 atom stereocenters. The zero-order valence-electron chi connectivity index (χ0n) is 40.8. The van der Waals surface area contributed by atoms with E-state index < -0.39 is 125 Å². The lowest BCUT2D eigenvalue weighted by molar-refractivity contribution is -0.246. The summed E-state index contributed by atoms with van der Waals surface area (Å²) in [7, 11) is 0. The van der Waals surface area contributed by atoms with E-state index in [2.05, 4.69) is 5.32 Å². The maximum atomic E-state index is 14.4. The highest BCUT2D eigenvalue weighted by Gasteiger charge is 2.50. The number of fused-ring (bicyclic) bond motifs is 15. The van der Waals surface area contributed by atoms with E-state index in [-0.39, 0.29) is 70.8 Å². The smallest absolute Gasteiger partial charge is 0.312 e. The predicted molar refractivity (Wildman–Crippen MR) is 246 cm³/mol. The van der Waals surface area contributed by atoms with Crippen LogP contribution in [0.3, 0.4) is 0 Å². The Morgan fingerprint density at radius 3 is 2.35 bits per heavy atom. The van der Waals surface area contributed by atoms with E-state index in [1.54, 1.807) is 39.8 Å². The monoisotopic (exact) mass is 967 g/mol. The first kappa shape index (κ1) is 52.6. The van der Waals surface area contributed by atoms with Crippen molar-refractivity contribution in [2.24, 2.45) is 29.1 Å². The van der Waals surface area contributed by atoms with Crippen LogP contribution >= 0.6 is 0 Å². The average Bonchev–Trinajstić information content (AvgIpc) is 3.85. The molecule has 1 unspecified atom stereocenters. The van der Waals surface area contributed by atoms with E-state index in [1.165, 1.54) is 60.0 Å². The number of esters is 2. The number of phenols is 3. The van der Waals surface area contributed by atoms with Crippen LogP contribution in [0.25, 0.3) is 10.8 Å². The zero-order chi connectivity index (χ0) is 51.0. The van der Waals surface area contributed by atoms with E-state index in [0.717, 1.165) is 6.07 Å². The van der Waals surface area contributed by atoms with Crippen LogP contribution in [0.15, 0.2) is 42.2 Å². The highest BCUT2D eigenvalue weighted by Crippen LogP contribution is 2.54. The van der Waals surface area contributed by atoms with Crippen LogP contribution in [0, 0.1) is 36.0 Å². The minimum absolute atomic E-state index is 0.0211. The number of aliphatic hydroxyl groups is 1. The molecule has 69 heavy (non-hydrogen) atoms. The molecule has 2 aromatic carbocycles. The molecule has 5 aliphatic rings. The number of Topliss-reactive ketones (excluding diaryl/α,β-unsaturated/α-hetero) is 1. The number of ketones is 1. The van der Waals surface area contributed by atoms with Crippen molar-refractivity contribution >= 4 is 46.1 Å². The summed E-state index contributed by atoms with van der Waals surface area (Å²) in [5, 5.41) is 58.0. The SMILES string of the molecule is CC(=O)O[C@H]1[C@H](C)[C@H](O)[C@H](C)C[C@@H](C(C)OC(=O)C(C)(C)CC(=O)O)/C=C/C=C(/C)C(=O)Nc2cc(O)c3c4c(c(C)c(O)c3c2O)O[C@](C)(O/C=C/[C@H](O[C@H]2C[C@@H]3OCO[C@@H]3[C@@H](C)O2)[C@H]1C)C4=O. The number of carboxylic acids is 1. The summed E-state index contributed by atoms with van der Waals surface area (Å²) in [4.78, 5) is 65.8. The van der Waals surface area contributed by atoms with Crippen LogP contribution in [0.4, 0.5) is 5.69 Å². The van der Waals surface area contributed by atoms with Crippen molar-refractivity contribution in [1.29, 1.82) is 0 Å². The first-order valence-corrected chi connectivity index (χ1v) is 23.1. The largest absolute Gasteiger partial charge is 0.507 e. The molecule has 7 rings (SSSR count). The van der Waals surface area contributed by atoms with Gasteiger partial charge < -0.3 is 68.7 Å². The number of benzene rings is 2. The van der Waals surface area contributed by atoms with Gasteiger partial charge >= 0.3 is 23.7 Å². The molecule has 2 fully saturated rings. The maximum Gasteiger partial charge on any atom is 0.312 e. The Kier molecular flexibility index (Phi) is 15.8. The minimum atomic E-state index is -2.10. The van der Waals surface area contributed by atoms with Crippen molar-refractivity contribution in [3.8, 4) is 23.0 Å². The zero-order valence-corrected chi connectivity index (χ0v) is 40.8. The number of aliphatic hydroxyl groups excluding tert-OH is 1.